The van der Waals surface area contributed by atoms with Gasteiger partial charge in [0.25, 0.3) is 5.91 Å². The van der Waals surface area contributed by atoms with E-state index in [1.807, 2.05) is 0 Å². The van der Waals surface area contributed by atoms with Gasteiger partial charge in [-0.05, 0) is 17.2 Å². The molecule has 0 aromatic carbocycles. The zero-order valence-corrected chi connectivity index (χ0v) is 8.73. The Morgan fingerprint density at radius 1 is 1.50 bits per heavy atom. The quantitative estimate of drug-likeness (QED) is 0.641. The average molecular weight is 228 g/mol. The highest BCUT2D eigenvalue weighted by Gasteiger charge is 2.15. The zero-order valence-electron chi connectivity index (χ0n) is 8.73. The lowest BCUT2D eigenvalue weighted by Gasteiger charge is -2.02. The van der Waals surface area contributed by atoms with Crippen LogP contribution in [0, 0.1) is 0 Å². The molecule has 1 amide bonds. The molecule has 0 atom stereocenters. The van der Waals surface area contributed by atoms with Gasteiger partial charge in [0.1, 0.15) is 0 Å². The third kappa shape index (κ3) is 3.23. The maximum Gasteiger partial charge on any atom is 0.307 e. The first-order valence-electron chi connectivity index (χ1n) is 4.67. The number of aromatic nitrogens is 2. The maximum atomic E-state index is 11.4. The number of carbonyl (C=O) groups excluding carboxylic acids is 2. The van der Waals surface area contributed by atoms with E-state index in [4.69, 9.17) is 5.73 Å². The first-order valence-corrected chi connectivity index (χ1v) is 4.67. The molecule has 1 aromatic heterocycles. The van der Waals surface area contributed by atoms with E-state index in [1.165, 1.54) is 0 Å². The van der Waals surface area contributed by atoms with Crippen LogP contribution in [0.5, 0.6) is 0 Å². The van der Waals surface area contributed by atoms with Crippen molar-refractivity contribution in [3.05, 3.63) is 5.69 Å². The van der Waals surface area contributed by atoms with Crippen LogP contribution in [0.2, 0.25) is 0 Å². The largest absolute Gasteiger partial charge is 0.466 e. The summed E-state index contributed by atoms with van der Waals surface area (Å²) in [6, 6.07) is 0. The Bertz CT molecular complexity index is 376. The molecule has 0 saturated carbocycles. The van der Waals surface area contributed by atoms with Gasteiger partial charge in [-0.25, -0.2) is 4.63 Å². The van der Waals surface area contributed by atoms with Gasteiger partial charge in [0.05, 0.1) is 13.0 Å². The number of hydrogen-bond acceptors (Lipinski definition) is 7. The van der Waals surface area contributed by atoms with E-state index >= 15 is 0 Å². The molecule has 0 aliphatic rings. The molecule has 0 aliphatic heterocycles. The van der Waals surface area contributed by atoms with Crippen molar-refractivity contribution in [3.63, 3.8) is 0 Å². The lowest BCUT2D eigenvalue weighted by molar-refractivity contribution is -0.142. The molecule has 0 unspecified atom stereocenters. The van der Waals surface area contributed by atoms with E-state index in [-0.39, 0.29) is 30.4 Å². The standard InChI is InChI=1S/C8H12N4O4/c1-2-15-5(13)3-4-10-8(14)6-7(9)12-16-11-6/h2-4H2,1H3,(H2,9,12)(H,10,14). The fraction of sp³-hybridized carbons (Fsp3) is 0.500. The zero-order chi connectivity index (χ0) is 12.0. The van der Waals surface area contributed by atoms with Crippen LogP contribution in [0.3, 0.4) is 0 Å². The molecule has 0 aliphatic carbocycles. The summed E-state index contributed by atoms with van der Waals surface area (Å²) >= 11 is 0. The second-order valence-electron chi connectivity index (χ2n) is 2.81. The van der Waals surface area contributed by atoms with Crippen molar-refractivity contribution in [2.24, 2.45) is 0 Å². The SMILES string of the molecule is CCOC(=O)CCNC(=O)c1nonc1N. The molecule has 1 aromatic rings. The number of carbonyl (C=O) groups is 2. The Kier molecular flexibility index (Phi) is 4.25. The summed E-state index contributed by atoms with van der Waals surface area (Å²) < 4.78 is 8.93. The molecular formula is C8H12N4O4. The highest BCUT2D eigenvalue weighted by molar-refractivity contribution is 5.96. The van der Waals surface area contributed by atoms with Crippen LogP contribution in [0.1, 0.15) is 23.8 Å². The summed E-state index contributed by atoms with van der Waals surface area (Å²) in [5, 5.41) is 8.99. The van der Waals surface area contributed by atoms with E-state index in [9.17, 15) is 9.59 Å². The minimum absolute atomic E-state index is 0.0881. The average Bonchev–Trinajstić information content (AvgIpc) is 2.64. The van der Waals surface area contributed by atoms with E-state index in [1.54, 1.807) is 6.92 Å². The lowest BCUT2D eigenvalue weighted by atomic mass is 10.3. The smallest absolute Gasteiger partial charge is 0.307 e. The summed E-state index contributed by atoms with van der Waals surface area (Å²) in [7, 11) is 0. The summed E-state index contributed by atoms with van der Waals surface area (Å²) in [5.41, 5.74) is 5.21. The van der Waals surface area contributed by atoms with E-state index in [0.29, 0.717) is 6.61 Å². The number of hydrogen-bond donors (Lipinski definition) is 2. The minimum Gasteiger partial charge on any atom is -0.466 e. The molecule has 8 nitrogen and oxygen atoms in total. The fourth-order valence-corrected chi connectivity index (χ4v) is 0.948. The van der Waals surface area contributed by atoms with Gasteiger partial charge in [-0.15, -0.1) is 0 Å². The van der Waals surface area contributed by atoms with Gasteiger partial charge in [0.15, 0.2) is 0 Å². The summed E-state index contributed by atoms with van der Waals surface area (Å²) in [6.07, 6.45) is 0.0881. The van der Waals surface area contributed by atoms with E-state index in [2.05, 4.69) is 25.0 Å². The van der Waals surface area contributed by atoms with Gasteiger partial charge in [-0.2, -0.15) is 0 Å². The maximum absolute atomic E-state index is 11.4. The number of nitrogens with one attached hydrogen (secondary N) is 1. The minimum atomic E-state index is -0.539. The van der Waals surface area contributed by atoms with Gasteiger partial charge in [-0.1, -0.05) is 0 Å². The Morgan fingerprint density at radius 3 is 2.81 bits per heavy atom. The van der Waals surface area contributed by atoms with Gasteiger partial charge < -0.3 is 15.8 Å². The van der Waals surface area contributed by atoms with Gasteiger partial charge in [0, 0.05) is 6.54 Å². The normalized spacial score (nSPS) is 9.81. The molecule has 0 radical (unpaired) electrons. The molecule has 3 N–H and O–H groups in total. The van der Waals surface area contributed by atoms with Crippen LogP contribution in [0.4, 0.5) is 5.82 Å². The van der Waals surface area contributed by atoms with Crippen LogP contribution in [0.15, 0.2) is 4.63 Å². The molecule has 0 saturated heterocycles. The molecule has 88 valence electrons. The summed E-state index contributed by atoms with van der Waals surface area (Å²) in [5.74, 6) is -1.01. The van der Waals surface area contributed by atoms with Crippen LogP contribution in [0.25, 0.3) is 0 Å². The molecule has 16 heavy (non-hydrogen) atoms. The first-order chi connectivity index (χ1) is 7.65. The Labute approximate surface area is 91.1 Å². The Hall–Kier alpha value is -2.12. The van der Waals surface area contributed by atoms with Crippen LogP contribution in [-0.2, 0) is 9.53 Å². The highest BCUT2D eigenvalue weighted by Crippen LogP contribution is 2.02. The van der Waals surface area contributed by atoms with Crippen molar-refractivity contribution in [2.75, 3.05) is 18.9 Å². The molecular weight excluding hydrogens is 216 g/mol. The number of ether oxygens (including phenoxy) is 1. The number of nitrogen functional groups attached to an aromatic ring is 1. The molecule has 0 bridgehead atoms. The van der Waals surface area contributed by atoms with Gasteiger partial charge >= 0.3 is 5.97 Å². The second-order valence-corrected chi connectivity index (χ2v) is 2.81. The predicted octanol–water partition coefficient (Wildman–Crippen LogP) is -0.665. The third-order valence-electron chi connectivity index (χ3n) is 1.65. The van der Waals surface area contributed by atoms with Crippen molar-refractivity contribution in [1.29, 1.82) is 0 Å². The van der Waals surface area contributed by atoms with Crippen molar-refractivity contribution in [2.45, 2.75) is 13.3 Å². The molecule has 8 heteroatoms. The van der Waals surface area contributed by atoms with Crippen LogP contribution < -0.4 is 11.1 Å². The molecule has 1 heterocycles. The number of nitrogens with zero attached hydrogens (tertiary/aromatic N) is 2. The van der Waals surface area contributed by atoms with Crippen molar-refractivity contribution >= 4 is 17.7 Å². The highest BCUT2D eigenvalue weighted by atomic mass is 16.6. The molecule has 1 rings (SSSR count). The topological polar surface area (TPSA) is 120 Å². The molecule has 0 spiro atoms. The predicted molar refractivity (Wildman–Crippen MR) is 52.3 cm³/mol. The van der Waals surface area contributed by atoms with Crippen LogP contribution >= 0.6 is 0 Å². The third-order valence-corrected chi connectivity index (χ3v) is 1.65. The fourth-order valence-electron chi connectivity index (χ4n) is 0.948. The number of nitrogens with two attached hydrogens (primary N) is 1. The number of esters is 1. The Balaban J connectivity index is 2.31. The summed E-state index contributed by atoms with van der Waals surface area (Å²) in [6.45, 7) is 2.16. The number of anilines is 1. The van der Waals surface area contributed by atoms with Crippen LogP contribution in [-0.4, -0.2) is 35.3 Å². The summed E-state index contributed by atoms with van der Waals surface area (Å²) in [4.78, 5) is 22.3. The lowest BCUT2D eigenvalue weighted by Crippen LogP contribution is -2.27. The number of amides is 1. The van der Waals surface area contributed by atoms with Crippen molar-refractivity contribution < 1.29 is 19.0 Å². The monoisotopic (exact) mass is 228 g/mol. The van der Waals surface area contributed by atoms with E-state index in [0.717, 1.165) is 0 Å². The van der Waals surface area contributed by atoms with Crippen molar-refractivity contribution in [1.82, 2.24) is 15.6 Å². The first kappa shape index (κ1) is 12.0. The Morgan fingerprint density at radius 2 is 2.25 bits per heavy atom. The van der Waals surface area contributed by atoms with E-state index < -0.39 is 5.91 Å². The molecule has 0 fully saturated rings. The van der Waals surface area contributed by atoms with Gasteiger partial charge in [-0.3, -0.25) is 9.59 Å². The van der Waals surface area contributed by atoms with Gasteiger partial charge in [0.2, 0.25) is 11.5 Å². The number of rotatable bonds is 5. The second kappa shape index (κ2) is 5.69. The van der Waals surface area contributed by atoms with Crippen molar-refractivity contribution in [3.8, 4) is 0 Å².